The van der Waals surface area contributed by atoms with Crippen molar-refractivity contribution < 1.29 is 31.1 Å². The van der Waals surface area contributed by atoms with Gasteiger partial charge < -0.3 is 15.1 Å². The number of carbonyl (C=O) groups is 1. The molecule has 176 valence electrons. The number of carbonyl (C=O) groups excluding carboxylic acids is 1. The Morgan fingerprint density at radius 3 is 2.12 bits per heavy atom. The molecule has 1 aliphatic rings. The van der Waals surface area contributed by atoms with Crippen LogP contribution in [0.2, 0.25) is 0 Å². The third-order valence-corrected chi connectivity index (χ3v) is 5.07. The predicted octanol–water partition coefficient (Wildman–Crippen LogP) is 5.34. The van der Waals surface area contributed by atoms with Crippen LogP contribution in [-0.4, -0.2) is 42.5 Å². The molecule has 4 nitrogen and oxygen atoms in total. The number of piperazine rings is 1. The Labute approximate surface area is 187 Å². The van der Waals surface area contributed by atoms with E-state index < -0.39 is 36.1 Å². The molecular weight excluding hydrogens is 460 g/mol. The fraction of sp³-hybridized carbons (Fsp3) is 0.381. The van der Waals surface area contributed by atoms with Gasteiger partial charge >= 0.3 is 18.4 Å². The van der Waals surface area contributed by atoms with E-state index in [1.165, 1.54) is 7.05 Å². The van der Waals surface area contributed by atoms with Crippen molar-refractivity contribution in [3.63, 3.8) is 0 Å². The van der Waals surface area contributed by atoms with Gasteiger partial charge in [0.15, 0.2) is 0 Å². The molecule has 2 aromatic carbocycles. The van der Waals surface area contributed by atoms with E-state index in [1.54, 1.807) is 4.90 Å². The number of alkyl halides is 6. The van der Waals surface area contributed by atoms with E-state index in [4.69, 9.17) is 0 Å². The molecule has 1 aliphatic heterocycles. The molecule has 11 heteroatoms. The second kappa shape index (κ2) is 9.99. The van der Waals surface area contributed by atoms with Crippen LogP contribution in [0.15, 0.2) is 48.5 Å². The van der Waals surface area contributed by atoms with Gasteiger partial charge in [0.25, 0.3) is 0 Å². The first-order valence-electron chi connectivity index (χ1n) is 9.52. The quantitative estimate of drug-likeness (QED) is 0.600. The third-order valence-electron chi connectivity index (χ3n) is 5.07. The minimum atomic E-state index is -4.93. The third kappa shape index (κ3) is 6.07. The second-order valence-electron chi connectivity index (χ2n) is 7.38. The van der Waals surface area contributed by atoms with Gasteiger partial charge in [-0.05, 0) is 29.3 Å². The fourth-order valence-electron chi connectivity index (χ4n) is 3.58. The Kier molecular flexibility index (Phi) is 8.06. The summed E-state index contributed by atoms with van der Waals surface area (Å²) in [6, 6.07) is 9.82. The monoisotopic (exact) mass is 481 g/mol. The number of halogens is 7. The number of benzene rings is 2. The van der Waals surface area contributed by atoms with E-state index in [0.29, 0.717) is 31.8 Å². The van der Waals surface area contributed by atoms with E-state index in [-0.39, 0.29) is 30.1 Å². The van der Waals surface area contributed by atoms with Gasteiger partial charge in [-0.15, -0.1) is 12.4 Å². The molecule has 1 fully saturated rings. The molecule has 1 unspecified atom stereocenters. The highest BCUT2D eigenvalue weighted by Crippen LogP contribution is 2.36. The first-order valence-corrected chi connectivity index (χ1v) is 9.52. The zero-order valence-electron chi connectivity index (χ0n) is 17.0. The first kappa shape index (κ1) is 25.8. The number of hydrogen-bond acceptors (Lipinski definition) is 2. The molecule has 1 atom stereocenters. The van der Waals surface area contributed by atoms with Crippen molar-refractivity contribution in [2.45, 2.75) is 24.9 Å². The summed E-state index contributed by atoms with van der Waals surface area (Å²) in [6.07, 6.45) is -9.87. The van der Waals surface area contributed by atoms with Gasteiger partial charge in [-0.25, -0.2) is 4.79 Å². The molecule has 0 spiro atoms. The van der Waals surface area contributed by atoms with Crippen LogP contribution >= 0.6 is 12.4 Å². The maximum atomic E-state index is 13.1. The smallest absolute Gasteiger partial charge is 0.323 e. The maximum absolute atomic E-state index is 13.1. The minimum Gasteiger partial charge on any atom is -0.323 e. The number of hydrogen-bond donors (Lipinski definition) is 1. The van der Waals surface area contributed by atoms with Crippen molar-refractivity contribution >= 4 is 18.4 Å². The van der Waals surface area contributed by atoms with Gasteiger partial charge in [0.2, 0.25) is 0 Å². The van der Waals surface area contributed by atoms with E-state index in [1.807, 2.05) is 30.3 Å². The normalized spacial score (nSPS) is 17.0. The molecule has 1 N–H and O–H groups in total. The van der Waals surface area contributed by atoms with Gasteiger partial charge in [0.1, 0.15) is 0 Å². The summed E-state index contributed by atoms with van der Waals surface area (Å²) in [4.78, 5) is 15.7. The molecule has 0 aliphatic carbocycles. The Morgan fingerprint density at radius 1 is 1.03 bits per heavy atom. The Hall–Kier alpha value is -2.46. The molecule has 2 amide bonds. The van der Waals surface area contributed by atoms with Crippen LogP contribution < -0.4 is 5.32 Å². The highest BCUT2D eigenvalue weighted by Gasteiger charge is 2.37. The molecule has 0 saturated carbocycles. The zero-order valence-corrected chi connectivity index (χ0v) is 17.8. The summed E-state index contributed by atoms with van der Waals surface area (Å²) in [7, 11) is 1.36. The molecule has 32 heavy (non-hydrogen) atoms. The maximum Gasteiger partial charge on any atom is 0.416 e. The predicted molar refractivity (Wildman–Crippen MR) is 109 cm³/mol. The minimum absolute atomic E-state index is 0. The summed E-state index contributed by atoms with van der Waals surface area (Å²) in [6.45, 7) is 0.993. The van der Waals surface area contributed by atoms with Crippen LogP contribution in [0.1, 0.15) is 28.3 Å². The zero-order chi connectivity index (χ0) is 22.8. The lowest BCUT2D eigenvalue weighted by Crippen LogP contribution is -2.52. The standard InChI is InChI=1S/C21H21F6N3O.ClH/c1-29(13-14-9-16(20(22,23)24)11-17(10-14)21(25,26)27)19(31)30-8-7-28-12-18(30)15-5-3-2-4-6-15;/h2-6,9-11,18,28H,7-8,12-13H2,1H3;1H. The van der Waals surface area contributed by atoms with Crippen LogP contribution in [0.5, 0.6) is 0 Å². The first-order chi connectivity index (χ1) is 14.5. The summed E-state index contributed by atoms with van der Waals surface area (Å²) in [5.41, 5.74) is -2.16. The Morgan fingerprint density at radius 2 is 1.59 bits per heavy atom. The molecular formula is C21H22ClF6N3O. The van der Waals surface area contributed by atoms with Crippen LogP contribution in [0.25, 0.3) is 0 Å². The van der Waals surface area contributed by atoms with E-state index in [9.17, 15) is 31.1 Å². The number of nitrogens with one attached hydrogen (secondary N) is 1. The largest absolute Gasteiger partial charge is 0.416 e. The summed E-state index contributed by atoms with van der Waals surface area (Å²) in [5, 5.41) is 3.19. The molecule has 1 saturated heterocycles. The highest BCUT2D eigenvalue weighted by atomic mass is 35.5. The summed E-state index contributed by atoms with van der Waals surface area (Å²) >= 11 is 0. The van der Waals surface area contributed by atoms with Crippen LogP contribution in [-0.2, 0) is 18.9 Å². The summed E-state index contributed by atoms with van der Waals surface area (Å²) < 4.78 is 78.6. The average molecular weight is 482 g/mol. The molecule has 0 bridgehead atoms. The number of urea groups is 1. The van der Waals surface area contributed by atoms with Crippen molar-refractivity contribution in [1.29, 1.82) is 0 Å². The van der Waals surface area contributed by atoms with Crippen molar-refractivity contribution in [2.24, 2.45) is 0 Å². The van der Waals surface area contributed by atoms with Gasteiger partial charge in [0.05, 0.1) is 17.2 Å². The Bertz CT molecular complexity index is 888. The van der Waals surface area contributed by atoms with Crippen molar-refractivity contribution in [3.8, 4) is 0 Å². The number of rotatable bonds is 3. The van der Waals surface area contributed by atoms with Gasteiger partial charge in [0, 0.05) is 33.2 Å². The lowest BCUT2D eigenvalue weighted by molar-refractivity contribution is -0.143. The molecule has 3 rings (SSSR count). The van der Waals surface area contributed by atoms with Gasteiger partial charge in [-0.3, -0.25) is 0 Å². The van der Waals surface area contributed by atoms with E-state index in [0.717, 1.165) is 10.5 Å². The van der Waals surface area contributed by atoms with Crippen molar-refractivity contribution in [2.75, 3.05) is 26.7 Å². The van der Waals surface area contributed by atoms with Crippen molar-refractivity contribution in [1.82, 2.24) is 15.1 Å². The van der Waals surface area contributed by atoms with Crippen molar-refractivity contribution in [3.05, 3.63) is 70.8 Å². The van der Waals surface area contributed by atoms with E-state index >= 15 is 0 Å². The van der Waals surface area contributed by atoms with Crippen LogP contribution in [0, 0.1) is 0 Å². The van der Waals surface area contributed by atoms with Gasteiger partial charge in [-0.2, -0.15) is 26.3 Å². The summed E-state index contributed by atoms with van der Waals surface area (Å²) in [5.74, 6) is 0. The Balaban J connectivity index is 0.00000363. The topological polar surface area (TPSA) is 35.6 Å². The number of nitrogens with zero attached hydrogens (tertiary/aromatic N) is 2. The second-order valence-corrected chi connectivity index (χ2v) is 7.38. The average Bonchev–Trinajstić information content (AvgIpc) is 2.72. The lowest BCUT2D eigenvalue weighted by Gasteiger charge is -2.38. The SMILES string of the molecule is CN(Cc1cc(C(F)(F)F)cc(C(F)(F)F)c1)C(=O)N1CCNCC1c1ccccc1.Cl. The van der Waals surface area contributed by atoms with E-state index in [2.05, 4.69) is 5.32 Å². The highest BCUT2D eigenvalue weighted by molar-refractivity contribution is 5.85. The molecule has 1 heterocycles. The number of amides is 2. The molecule has 2 aromatic rings. The van der Waals surface area contributed by atoms with Crippen LogP contribution in [0.3, 0.4) is 0 Å². The fourth-order valence-corrected chi connectivity index (χ4v) is 3.58. The molecule has 0 radical (unpaired) electrons. The van der Waals surface area contributed by atoms with Crippen LogP contribution in [0.4, 0.5) is 31.1 Å². The lowest BCUT2D eigenvalue weighted by atomic mass is 10.0. The molecule has 0 aromatic heterocycles. The van der Waals surface area contributed by atoms with Gasteiger partial charge in [-0.1, -0.05) is 30.3 Å².